The van der Waals surface area contributed by atoms with Crippen molar-refractivity contribution in [2.45, 2.75) is 25.7 Å². The molecule has 0 saturated carbocycles. The van der Waals surface area contributed by atoms with E-state index >= 15 is 0 Å². The Kier molecular flexibility index (Phi) is 7.00. The van der Waals surface area contributed by atoms with Gasteiger partial charge >= 0.3 is 0 Å². The molecule has 2 rings (SSSR count). The van der Waals surface area contributed by atoms with E-state index in [0.717, 1.165) is 23.1 Å². The van der Waals surface area contributed by atoms with Crippen LogP contribution in [0, 0.1) is 0 Å². The molecular weight excluding hydrogens is 381 g/mol. The van der Waals surface area contributed by atoms with Crippen LogP contribution in [0.1, 0.15) is 37.0 Å². The molecule has 0 spiro atoms. The molecule has 3 nitrogen and oxygen atoms in total. The molecular formula is C19H20Cl3NO2. The Morgan fingerprint density at radius 2 is 1.68 bits per heavy atom. The van der Waals surface area contributed by atoms with Crippen molar-refractivity contribution in [3.63, 3.8) is 0 Å². The Hall–Kier alpha value is -1.42. The van der Waals surface area contributed by atoms with E-state index in [1.54, 1.807) is 0 Å². The quantitative estimate of drug-likeness (QED) is 0.199. The van der Waals surface area contributed by atoms with Gasteiger partial charge < -0.3 is 9.94 Å². The second-order valence-electron chi connectivity index (χ2n) is 6.15. The van der Waals surface area contributed by atoms with E-state index in [2.05, 4.69) is 19.0 Å². The Bertz CT molecular complexity index is 720. The van der Waals surface area contributed by atoms with Gasteiger partial charge in [0.15, 0.2) is 5.75 Å². The van der Waals surface area contributed by atoms with Crippen LogP contribution >= 0.6 is 34.8 Å². The van der Waals surface area contributed by atoms with E-state index in [1.807, 2.05) is 36.4 Å². The Labute approximate surface area is 163 Å². The molecule has 0 radical (unpaired) electrons. The second kappa shape index (κ2) is 8.79. The summed E-state index contributed by atoms with van der Waals surface area (Å²) in [5.41, 5.74) is 2.58. The van der Waals surface area contributed by atoms with Crippen molar-refractivity contribution in [1.29, 1.82) is 0 Å². The van der Waals surface area contributed by atoms with Gasteiger partial charge in [0.05, 0.1) is 22.9 Å². The second-order valence-corrected chi connectivity index (χ2v) is 7.34. The summed E-state index contributed by atoms with van der Waals surface area (Å²) in [4.78, 5) is 0. The van der Waals surface area contributed by atoms with Crippen LogP contribution in [0.4, 0.5) is 0 Å². The number of oxime groups is 1. The number of alkyl halides is 1. The maximum atomic E-state index is 8.61. The lowest BCUT2D eigenvalue weighted by molar-refractivity contribution is 0.318. The monoisotopic (exact) mass is 399 g/mol. The molecule has 0 atom stereocenters. The Morgan fingerprint density at radius 3 is 2.20 bits per heavy atom. The largest absolute Gasteiger partial charge is 0.490 e. The minimum Gasteiger partial charge on any atom is -0.490 e. The van der Waals surface area contributed by atoms with Crippen LogP contribution in [0.3, 0.4) is 0 Å². The van der Waals surface area contributed by atoms with E-state index in [0.29, 0.717) is 28.3 Å². The van der Waals surface area contributed by atoms with E-state index < -0.39 is 0 Å². The van der Waals surface area contributed by atoms with Crippen molar-refractivity contribution in [3.8, 4) is 5.75 Å². The van der Waals surface area contributed by atoms with Crippen LogP contribution in [-0.4, -0.2) is 23.9 Å². The highest BCUT2D eigenvalue weighted by Gasteiger charge is 2.25. The highest BCUT2D eigenvalue weighted by Crippen LogP contribution is 2.40. The van der Waals surface area contributed by atoms with E-state index in [-0.39, 0.29) is 5.41 Å². The molecule has 0 unspecified atom stereocenters. The third kappa shape index (κ3) is 4.81. The molecule has 6 heteroatoms. The SMILES string of the molecule is CC(C)(c1ccc(/C=N/O)cc1)c1cc(Cl)c(OCCCCl)c(Cl)c1. The predicted octanol–water partition coefficient (Wildman–Crippen LogP) is 6.14. The van der Waals surface area contributed by atoms with Gasteiger partial charge in [-0.15, -0.1) is 11.6 Å². The van der Waals surface area contributed by atoms with Crippen LogP contribution in [0.5, 0.6) is 5.75 Å². The summed E-state index contributed by atoms with van der Waals surface area (Å²) in [6.07, 6.45) is 2.11. The summed E-state index contributed by atoms with van der Waals surface area (Å²) < 4.78 is 5.64. The summed E-state index contributed by atoms with van der Waals surface area (Å²) in [5, 5.41) is 12.6. The highest BCUT2D eigenvalue weighted by atomic mass is 35.5. The van der Waals surface area contributed by atoms with Gasteiger partial charge in [0, 0.05) is 11.3 Å². The summed E-state index contributed by atoms with van der Waals surface area (Å²) in [5.74, 6) is 1.01. The number of benzene rings is 2. The van der Waals surface area contributed by atoms with Gasteiger partial charge in [-0.1, -0.05) is 66.5 Å². The molecule has 0 saturated heterocycles. The Balaban J connectivity index is 2.32. The molecule has 2 aromatic rings. The van der Waals surface area contributed by atoms with Crippen molar-refractivity contribution >= 4 is 41.0 Å². The molecule has 134 valence electrons. The van der Waals surface area contributed by atoms with Crippen molar-refractivity contribution < 1.29 is 9.94 Å². The molecule has 0 amide bonds. The average molecular weight is 401 g/mol. The van der Waals surface area contributed by atoms with E-state index in [1.165, 1.54) is 6.21 Å². The normalized spacial score (nSPS) is 11.9. The molecule has 0 aliphatic heterocycles. The third-order valence-electron chi connectivity index (χ3n) is 4.08. The van der Waals surface area contributed by atoms with Crippen LogP contribution in [-0.2, 0) is 5.41 Å². The maximum absolute atomic E-state index is 8.61. The number of hydrogen-bond donors (Lipinski definition) is 1. The van der Waals surface area contributed by atoms with Crippen molar-refractivity contribution in [1.82, 2.24) is 0 Å². The number of rotatable bonds is 7. The molecule has 0 aromatic heterocycles. The fraction of sp³-hybridized carbons (Fsp3) is 0.316. The van der Waals surface area contributed by atoms with Gasteiger partial charge in [-0.2, -0.15) is 0 Å². The predicted molar refractivity (Wildman–Crippen MR) is 105 cm³/mol. The fourth-order valence-corrected chi connectivity index (χ4v) is 3.21. The minimum absolute atomic E-state index is 0.309. The number of ether oxygens (including phenoxy) is 1. The van der Waals surface area contributed by atoms with Crippen molar-refractivity contribution in [2.24, 2.45) is 5.16 Å². The van der Waals surface area contributed by atoms with Crippen LogP contribution in [0.2, 0.25) is 10.0 Å². The molecule has 0 aliphatic carbocycles. The zero-order chi connectivity index (χ0) is 18.4. The molecule has 2 aromatic carbocycles. The zero-order valence-electron chi connectivity index (χ0n) is 14.1. The van der Waals surface area contributed by atoms with Gasteiger partial charge in [-0.3, -0.25) is 0 Å². The lowest BCUT2D eigenvalue weighted by atomic mass is 9.78. The first-order valence-corrected chi connectivity index (χ1v) is 9.15. The molecule has 25 heavy (non-hydrogen) atoms. The zero-order valence-corrected chi connectivity index (χ0v) is 16.4. The molecule has 1 N–H and O–H groups in total. The topological polar surface area (TPSA) is 41.8 Å². The molecule has 0 bridgehead atoms. The Morgan fingerprint density at radius 1 is 1.08 bits per heavy atom. The van der Waals surface area contributed by atoms with Crippen LogP contribution in [0.25, 0.3) is 0 Å². The smallest absolute Gasteiger partial charge is 0.156 e. The summed E-state index contributed by atoms with van der Waals surface area (Å²) in [6.45, 7) is 4.66. The number of hydrogen-bond acceptors (Lipinski definition) is 3. The standard InChI is InChI=1S/C19H20Cl3NO2/c1-19(2,14-6-4-13(5-7-14)12-23-24)15-10-16(21)18(17(22)11-15)25-9-3-8-20/h4-7,10-12,24H,3,8-9H2,1-2H3/b23-12+. The van der Waals surface area contributed by atoms with E-state index in [4.69, 9.17) is 44.7 Å². The maximum Gasteiger partial charge on any atom is 0.156 e. The van der Waals surface area contributed by atoms with Crippen LogP contribution in [0.15, 0.2) is 41.6 Å². The first kappa shape index (κ1) is 19.9. The van der Waals surface area contributed by atoms with Gasteiger partial charge in [0.2, 0.25) is 0 Å². The van der Waals surface area contributed by atoms with Crippen LogP contribution < -0.4 is 4.74 Å². The average Bonchev–Trinajstić information content (AvgIpc) is 2.58. The third-order valence-corrected chi connectivity index (χ3v) is 4.91. The summed E-state index contributed by atoms with van der Waals surface area (Å²) in [7, 11) is 0. The van der Waals surface area contributed by atoms with Gasteiger partial charge in [-0.25, -0.2) is 0 Å². The molecule has 0 aliphatic rings. The molecule has 0 heterocycles. The van der Waals surface area contributed by atoms with Crippen molar-refractivity contribution in [3.05, 3.63) is 63.1 Å². The number of halogens is 3. The number of nitrogens with zero attached hydrogens (tertiary/aromatic N) is 1. The lowest BCUT2D eigenvalue weighted by Gasteiger charge is -2.27. The first-order valence-electron chi connectivity index (χ1n) is 7.86. The van der Waals surface area contributed by atoms with Gasteiger partial charge in [-0.05, 0) is 35.2 Å². The fourth-order valence-electron chi connectivity index (χ4n) is 2.51. The first-order chi connectivity index (χ1) is 11.9. The lowest BCUT2D eigenvalue weighted by Crippen LogP contribution is -2.19. The minimum atomic E-state index is -0.309. The van der Waals surface area contributed by atoms with Crippen molar-refractivity contribution in [2.75, 3.05) is 12.5 Å². The molecule has 0 fully saturated rings. The van der Waals surface area contributed by atoms with Gasteiger partial charge in [0.1, 0.15) is 0 Å². The highest BCUT2D eigenvalue weighted by molar-refractivity contribution is 6.37. The summed E-state index contributed by atoms with van der Waals surface area (Å²) >= 11 is 18.4. The van der Waals surface area contributed by atoms with Gasteiger partial charge in [0.25, 0.3) is 0 Å². The summed E-state index contributed by atoms with van der Waals surface area (Å²) in [6, 6.07) is 11.5. The van der Waals surface area contributed by atoms with E-state index in [9.17, 15) is 0 Å².